The molecule has 0 spiro atoms. The zero-order valence-corrected chi connectivity index (χ0v) is 12.4. The molecule has 0 atom stereocenters. The molecule has 1 fully saturated rings. The fourth-order valence-electron chi connectivity index (χ4n) is 1.85. The van der Waals surface area contributed by atoms with Crippen LogP contribution < -0.4 is 5.32 Å². The highest BCUT2D eigenvalue weighted by Gasteiger charge is 2.41. The molecule has 0 saturated heterocycles. The zero-order valence-electron chi connectivity index (χ0n) is 10.1. The van der Waals surface area contributed by atoms with E-state index in [1.165, 1.54) is 12.8 Å². The van der Waals surface area contributed by atoms with Crippen molar-refractivity contribution in [1.29, 1.82) is 0 Å². The van der Waals surface area contributed by atoms with Gasteiger partial charge in [-0.1, -0.05) is 34.8 Å². The number of aromatic nitrogens is 1. The van der Waals surface area contributed by atoms with Crippen molar-refractivity contribution in [2.75, 3.05) is 25.6 Å². The van der Waals surface area contributed by atoms with Crippen LogP contribution in [0.1, 0.15) is 19.3 Å². The van der Waals surface area contributed by atoms with Crippen molar-refractivity contribution in [3.63, 3.8) is 0 Å². The van der Waals surface area contributed by atoms with Gasteiger partial charge in [0.15, 0.2) is 0 Å². The molecule has 0 amide bonds. The summed E-state index contributed by atoms with van der Waals surface area (Å²) < 4.78 is 5.12. The number of methoxy groups -OCH3 is 1. The summed E-state index contributed by atoms with van der Waals surface area (Å²) >= 11 is 17.8. The molecule has 0 aromatic carbocycles. The standard InChI is InChI=1S/C12H15Cl3N2O/c1-18-5-4-12(2-3-12)7-16-11-9(14)6-8(13)10(15)17-11/h6H,2-5,7H2,1H3,(H,16,17). The van der Waals surface area contributed by atoms with Crippen molar-refractivity contribution in [2.45, 2.75) is 19.3 Å². The Bertz CT molecular complexity index is 436. The molecule has 18 heavy (non-hydrogen) atoms. The number of ether oxygens (including phenoxy) is 1. The summed E-state index contributed by atoms with van der Waals surface area (Å²) in [7, 11) is 1.72. The molecular weight excluding hydrogens is 295 g/mol. The molecule has 0 bridgehead atoms. The van der Waals surface area contributed by atoms with E-state index in [0.717, 1.165) is 19.6 Å². The van der Waals surface area contributed by atoms with Gasteiger partial charge in [-0.05, 0) is 30.7 Å². The van der Waals surface area contributed by atoms with E-state index in [1.54, 1.807) is 13.2 Å². The minimum Gasteiger partial charge on any atom is -0.385 e. The summed E-state index contributed by atoms with van der Waals surface area (Å²) in [6, 6.07) is 1.61. The van der Waals surface area contributed by atoms with E-state index >= 15 is 0 Å². The number of nitrogens with one attached hydrogen (secondary N) is 1. The topological polar surface area (TPSA) is 34.1 Å². The van der Waals surface area contributed by atoms with E-state index < -0.39 is 0 Å². The van der Waals surface area contributed by atoms with Crippen LogP contribution in [0.2, 0.25) is 15.2 Å². The second-order valence-electron chi connectivity index (χ2n) is 4.69. The van der Waals surface area contributed by atoms with Crippen molar-refractivity contribution in [2.24, 2.45) is 5.41 Å². The van der Waals surface area contributed by atoms with E-state index in [0.29, 0.717) is 21.3 Å². The average molecular weight is 310 g/mol. The predicted molar refractivity (Wildman–Crippen MR) is 75.9 cm³/mol. The van der Waals surface area contributed by atoms with Crippen molar-refractivity contribution < 1.29 is 4.74 Å². The lowest BCUT2D eigenvalue weighted by molar-refractivity contribution is 0.175. The summed E-state index contributed by atoms with van der Waals surface area (Å²) in [4.78, 5) is 4.14. The molecule has 1 aromatic rings. The van der Waals surface area contributed by atoms with Crippen LogP contribution >= 0.6 is 34.8 Å². The first-order chi connectivity index (χ1) is 8.56. The average Bonchev–Trinajstić information content (AvgIpc) is 3.10. The highest BCUT2D eigenvalue weighted by Crippen LogP contribution is 2.48. The molecule has 100 valence electrons. The Morgan fingerprint density at radius 2 is 2.06 bits per heavy atom. The van der Waals surface area contributed by atoms with Crippen molar-refractivity contribution in [3.8, 4) is 0 Å². The summed E-state index contributed by atoms with van der Waals surface area (Å²) in [5.41, 5.74) is 0.327. The maximum Gasteiger partial charge on any atom is 0.150 e. The van der Waals surface area contributed by atoms with Crippen LogP contribution in [0.4, 0.5) is 5.82 Å². The Morgan fingerprint density at radius 1 is 1.33 bits per heavy atom. The van der Waals surface area contributed by atoms with Crippen molar-refractivity contribution >= 4 is 40.6 Å². The number of halogens is 3. The van der Waals surface area contributed by atoms with Gasteiger partial charge in [0.05, 0.1) is 10.0 Å². The molecule has 1 N–H and O–H groups in total. The molecule has 0 unspecified atom stereocenters. The largest absolute Gasteiger partial charge is 0.385 e. The van der Waals surface area contributed by atoms with Gasteiger partial charge in [0, 0.05) is 20.3 Å². The molecule has 0 aliphatic heterocycles. The molecular formula is C12H15Cl3N2O. The van der Waals surface area contributed by atoms with Crippen LogP contribution in [0.3, 0.4) is 0 Å². The maximum atomic E-state index is 6.06. The molecule has 1 heterocycles. The summed E-state index contributed by atoms with van der Waals surface area (Å²) in [6.07, 6.45) is 3.47. The van der Waals surface area contributed by atoms with Gasteiger partial charge in [0.25, 0.3) is 0 Å². The second kappa shape index (κ2) is 5.83. The third kappa shape index (κ3) is 3.41. The number of hydrogen-bond acceptors (Lipinski definition) is 3. The predicted octanol–water partition coefficient (Wildman–Crippen LogP) is 4.27. The third-order valence-electron chi connectivity index (χ3n) is 3.31. The van der Waals surface area contributed by atoms with Gasteiger partial charge < -0.3 is 10.1 Å². The van der Waals surface area contributed by atoms with E-state index in [-0.39, 0.29) is 5.15 Å². The van der Waals surface area contributed by atoms with Gasteiger partial charge in [0.1, 0.15) is 11.0 Å². The van der Waals surface area contributed by atoms with Crippen LogP contribution in [0, 0.1) is 5.41 Å². The summed E-state index contributed by atoms with van der Waals surface area (Å²) in [5.74, 6) is 0.592. The van der Waals surface area contributed by atoms with E-state index in [1.807, 2.05) is 0 Å². The van der Waals surface area contributed by atoms with Crippen LogP contribution in [0.25, 0.3) is 0 Å². The minimum absolute atomic E-state index is 0.269. The highest BCUT2D eigenvalue weighted by molar-refractivity contribution is 6.42. The number of anilines is 1. The number of pyridine rings is 1. The highest BCUT2D eigenvalue weighted by atomic mass is 35.5. The fraction of sp³-hybridized carbons (Fsp3) is 0.583. The number of hydrogen-bond donors (Lipinski definition) is 1. The molecule has 2 rings (SSSR count). The van der Waals surface area contributed by atoms with Crippen LogP contribution in [-0.2, 0) is 4.74 Å². The zero-order chi connectivity index (χ0) is 13.2. The first kappa shape index (κ1) is 14.2. The molecule has 1 aliphatic carbocycles. The molecule has 1 aliphatic rings. The smallest absolute Gasteiger partial charge is 0.150 e. The lowest BCUT2D eigenvalue weighted by Gasteiger charge is -2.16. The van der Waals surface area contributed by atoms with Gasteiger partial charge in [-0.3, -0.25) is 0 Å². The third-order valence-corrected chi connectivity index (χ3v) is 4.27. The number of nitrogens with zero attached hydrogens (tertiary/aromatic N) is 1. The molecule has 1 aromatic heterocycles. The lowest BCUT2D eigenvalue weighted by Crippen LogP contribution is -2.18. The first-order valence-corrected chi connectivity index (χ1v) is 6.94. The number of rotatable bonds is 6. The second-order valence-corrected chi connectivity index (χ2v) is 5.86. The molecule has 1 saturated carbocycles. The monoisotopic (exact) mass is 308 g/mol. The van der Waals surface area contributed by atoms with Gasteiger partial charge >= 0.3 is 0 Å². The van der Waals surface area contributed by atoms with E-state index in [9.17, 15) is 0 Å². The van der Waals surface area contributed by atoms with E-state index in [4.69, 9.17) is 39.5 Å². The normalized spacial score (nSPS) is 16.7. The molecule has 0 radical (unpaired) electrons. The van der Waals surface area contributed by atoms with Gasteiger partial charge in [0.2, 0.25) is 0 Å². The fourth-order valence-corrected chi connectivity index (χ4v) is 2.41. The van der Waals surface area contributed by atoms with Crippen LogP contribution in [0.5, 0.6) is 0 Å². The van der Waals surface area contributed by atoms with Crippen molar-refractivity contribution in [3.05, 3.63) is 21.3 Å². The maximum absolute atomic E-state index is 6.06. The summed E-state index contributed by atoms with van der Waals surface area (Å²) in [6.45, 7) is 1.62. The quantitative estimate of drug-likeness (QED) is 0.797. The minimum atomic E-state index is 0.269. The Labute approximate surface area is 122 Å². The summed E-state index contributed by atoms with van der Waals surface area (Å²) in [5, 5.41) is 4.38. The first-order valence-electron chi connectivity index (χ1n) is 5.81. The SMILES string of the molecule is COCCC1(CNc2nc(Cl)c(Cl)cc2Cl)CC1. The van der Waals surface area contributed by atoms with Gasteiger partial charge in [-0.25, -0.2) is 4.98 Å². The Kier molecular flexibility index (Phi) is 4.59. The Hall–Kier alpha value is -0.220. The van der Waals surface area contributed by atoms with Crippen LogP contribution in [0.15, 0.2) is 6.07 Å². The Morgan fingerprint density at radius 3 is 2.67 bits per heavy atom. The van der Waals surface area contributed by atoms with E-state index in [2.05, 4.69) is 10.3 Å². The Balaban J connectivity index is 1.96. The van der Waals surface area contributed by atoms with Gasteiger partial charge in [-0.2, -0.15) is 0 Å². The molecule has 3 nitrogen and oxygen atoms in total. The van der Waals surface area contributed by atoms with Gasteiger partial charge in [-0.15, -0.1) is 0 Å². The van der Waals surface area contributed by atoms with Crippen molar-refractivity contribution in [1.82, 2.24) is 4.98 Å². The lowest BCUT2D eigenvalue weighted by atomic mass is 10.0. The van der Waals surface area contributed by atoms with Crippen LogP contribution in [-0.4, -0.2) is 25.2 Å². The molecule has 6 heteroatoms.